The highest BCUT2D eigenvalue weighted by Crippen LogP contribution is 2.10. The molecule has 1 N–H and O–H groups in total. The van der Waals surface area contributed by atoms with Crippen LogP contribution in [0.15, 0.2) is 30.3 Å². The van der Waals surface area contributed by atoms with Crippen molar-refractivity contribution in [3.63, 3.8) is 0 Å². The summed E-state index contributed by atoms with van der Waals surface area (Å²) in [6.45, 7) is 0. The average Bonchev–Trinajstić information content (AvgIpc) is 2.39. The van der Waals surface area contributed by atoms with Crippen LogP contribution in [0.5, 0.6) is 0 Å². The number of carbonyl (C=O) groups excluding carboxylic acids is 2. The first-order valence-electron chi connectivity index (χ1n) is 5.61. The van der Waals surface area contributed by atoms with Gasteiger partial charge in [0.15, 0.2) is 5.12 Å². The minimum absolute atomic E-state index is 0.0485. The SMILES string of the molecule is COC(=O)N[C@@H](CC(=O)SC)Cc1ccccc1. The van der Waals surface area contributed by atoms with Crippen molar-refractivity contribution in [2.45, 2.75) is 18.9 Å². The number of ether oxygens (including phenoxy) is 1. The minimum atomic E-state index is -0.509. The van der Waals surface area contributed by atoms with Gasteiger partial charge in [-0.3, -0.25) is 4.79 Å². The predicted octanol–water partition coefficient (Wildman–Crippen LogP) is 2.23. The Morgan fingerprint density at radius 1 is 1.33 bits per heavy atom. The summed E-state index contributed by atoms with van der Waals surface area (Å²) in [6.07, 6.45) is 2.14. The van der Waals surface area contributed by atoms with Gasteiger partial charge in [-0.05, 0) is 18.2 Å². The van der Waals surface area contributed by atoms with Crippen LogP contribution in [0.3, 0.4) is 0 Å². The molecule has 0 aliphatic rings. The molecular weight excluding hydrogens is 250 g/mol. The monoisotopic (exact) mass is 267 g/mol. The molecule has 1 aromatic carbocycles. The highest BCUT2D eigenvalue weighted by atomic mass is 32.2. The van der Waals surface area contributed by atoms with Gasteiger partial charge in [0.1, 0.15) is 0 Å². The summed E-state index contributed by atoms with van der Waals surface area (Å²) in [5.41, 5.74) is 1.08. The van der Waals surface area contributed by atoms with Crippen LogP contribution in [-0.4, -0.2) is 30.6 Å². The molecule has 0 heterocycles. The first kappa shape index (κ1) is 14.6. The fourth-order valence-electron chi connectivity index (χ4n) is 1.58. The van der Waals surface area contributed by atoms with E-state index >= 15 is 0 Å². The van der Waals surface area contributed by atoms with Gasteiger partial charge in [0.25, 0.3) is 0 Å². The maximum Gasteiger partial charge on any atom is 0.407 e. The van der Waals surface area contributed by atoms with Gasteiger partial charge in [0.05, 0.1) is 7.11 Å². The van der Waals surface area contributed by atoms with E-state index in [1.165, 1.54) is 18.9 Å². The summed E-state index contributed by atoms with van der Waals surface area (Å²) in [4.78, 5) is 22.7. The highest BCUT2D eigenvalue weighted by Gasteiger charge is 2.16. The normalized spacial score (nSPS) is 11.7. The van der Waals surface area contributed by atoms with Crippen LogP contribution in [0.25, 0.3) is 0 Å². The maximum atomic E-state index is 11.5. The van der Waals surface area contributed by atoms with Crippen LogP contribution < -0.4 is 5.32 Å². The Morgan fingerprint density at radius 2 is 2.00 bits per heavy atom. The van der Waals surface area contributed by atoms with Gasteiger partial charge in [-0.15, -0.1) is 0 Å². The molecule has 18 heavy (non-hydrogen) atoms. The smallest absolute Gasteiger partial charge is 0.407 e. The molecule has 0 saturated heterocycles. The third-order valence-electron chi connectivity index (χ3n) is 2.47. The van der Waals surface area contributed by atoms with Crippen molar-refractivity contribution in [1.29, 1.82) is 0 Å². The van der Waals surface area contributed by atoms with Crippen LogP contribution in [-0.2, 0) is 16.0 Å². The summed E-state index contributed by atoms with van der Waals surface area (Å²) in [7, 11) is 1.31. The lowest BCUT2D eigenvalue weighted by molar-refractivity contribution is -0.111. The highest BCUT2D eigenvalue weighted by molar-refractivity contribution is 8.13. The number of nitrogens with one attached hydrogen (secondary N) is 1. The second-order valence-corrected chi connectivity index (χ2v) is 4.67. The van der Waals surface area contributed by atoms with Gasteiger partial charge in [-0.25, -0.2) is 4.79 Å². The molecule has 0 fully saturated rings. The van der Waals surface area contributed by atoms with Crippen LogP contribution in [0, 0.1) is 0 Å². The molecule has 1 aromatic rings. The molecule has 0 aliphatic carbocycles. The van der Waals surface area contributed by atoms with Crippen molar-refractivity contribution in [2.75, 3.05) is 13.4 Å². The van der Waals surface area contributed by atoms with Gasteiger partial charge in [0.2, 0.25) is 0 Å². The molecule has 0 aromatic heterocycles. The molecule has 0 unspecified atom stereocenters. The Kier molecular flexibility index (Phi) is 6.28. The summed E-state index contributed by atoms with van der Waals surface area (Å²) >= 11 is 1.17. The van der Waals surface area contributed by atoms with Crippen LogP contribution in [0.2, 0.25) is 0 Å². The third-order valence-corrected chi connectivity index (χ3v) is 3.10. The maximum absolute atomic E-state index is 11.5. The Morgan fingerprint density at radius 3 is 2.56 bits per heavy atom. The van der Waals surface area contributed by atoms with Crippen molar-refractivity contribution in [1.82, 2.24) is 5.32 Å². The van der Waals surface area contributed by atoms with Gasteiger partial charge in [-0.2, -0.15) is 0 Å². The molecule has 0 radical (unpaired) electrons. The van der Waals surface area contributed by atoms with Crippen molar-refractivity contribution >= 4 is 23.0 Å². The molecule has 0 aliphatic heterocycles. The molecule has 1 amide bonds. The lowest BCUT2D eigenvalue weighted by atomic mass is 10.0. The van der Waals surface area contributed by atoms with Crippen LogP contribution in [0.1, 0.15) is 12.0 Å². The number of carbonyl (C=O) groups is 2. The van der Waals surface area contributed by atoms with Gasteiger partial charge in [-0.1, -0.05) is 42.1 Å². The number of benzene rings is 1. The van der Waals surface area contributed by atoms with E-state index in [9.17, 15) is 9.59 Å². The number of rotatable bonds is 5. The first-order valence-corrected chi connectivity index (χ1v) is 6.83. The van der Waals surface area contributed by atoms with E-state index in [4.69, 9.17) is 0 Å². The van der Waals surface area contributed by atoms with E-state index in [2.05, 4.69) is 10.1 Å². The van der Waals surface area contributed by atoms with Crippen LogP contribution in [0.4, 0.5) is 4.79 Å². The molecule has 4 nitrogen and oxygen atoms in total. The summed E-state index contributed by atoms with van der Waals surface area (Å²) in [5.74, 6) is 0. The topological polar surface area (TPSA) is 55.4 Å². The van der Waals surface area contributed by atoms with Gasteiger partial charge in [0, 0.05) is 12.5 Å². The number of hydrogen-bond donors (Lipinski definition) is 1. The summed E-state index contributed by atoms with van der Waals surface area (Å²) in [6, 6.07) is 9.49. The molecular formula is C13H17NO3S. The molecule has 5 heteroatoms. The van der Waals surface area contributed by atoms with Crippen molar-refractivity contribution < 1.29 is 14.3 Å². The average molecular weight is 267 g/mol. The number of hydrogen-bond acceptors (Lipinski definition) is 4. The Balaban J connectivity index is 2.64. The van der Waals surface area contributed by atoms with E-state index < -0.39 is 6.09 Å². The zero-order valence-electron chi connectivity index (χ0n) is 10.5. The van der Waals surface area contributed by atoms with Crippen molar-refractivity contribution in [3.05, 3.63) is 35.9 Å². The summed E-state index contributed by atoms with van der Waals surface area (Å²) < 4.78 is 4.57. The first-order chi connectivity index (χ1) is 8.65. The molecule has 98 valence electrons. The van der Waals surface area contributed by atoms with E-state index in [-0.39, 0.29) is 11.2 Å². The molecule has 0 spiro atoms. The number of methoxy groups -OCH3 is 1. The van der Waals surface area contributed by atoms with Gasteiger partial charge < -0.3 is 10.1 Å². The third kappa shape index (κ3) is 5.23. The lowest BCUT2D eigenvalue weighted by Crippen LogP contribution is -2.37. The fraction of sp³-hybridized carbons (Fsp3) is 0.385. The van der Waals surface area contributed by atoms with E-state index in [0.717, 1.165) is 5.56 Å². The number of thioether (sulfide) groups is 1. The molecule has 0 saturated carbocycles. The lowest BCUT2D eigenvalue weighted by Gasteiger charge is -2.16. The zero-order chi connectivity index (χ0) is 13.4. The molecule has 1 atom stereocenters. The standard InChI is InChI=1S/C13H17NO3S/c1-17-13(16)14-11(9-12(15)18-2)8-10-6-4-3-5-7-10/h3-7,11H,8-9H2,1-2H3,(H,14,16)/t11-/m1/s1. The Hall–Kier alpha value is -1.49. The molecule has 1 rings (SSSR count). The predicted molar refractivity (Wildman–Crippen MR) is 72.6 cm³/mol. The fourth-order valence-corrected chi connectivity index (χ4v) is 1.95. The summed E-state index contributed by atoms with van der Waals surface area (Å²) in [5, 5.41) is 2.73. The zero-order valence-corrected chi connectivity index (χ0v) is 11.3. The van der Waals surface area contributed by atoms with Crippen molar-refractivity contribution in [2.24, 2.45) is 0 Å². The Labute approximate surface area is 111 Å². The minimum Gasteiger partial charge on any atom is -0.453 e. The molecule has 0 bridgehead atoms. The van der Waals surface area contributed by atoms with E-state index in [1.54, 1.807) is 6.26 Å². The Bertz CT molecular complexity index is 376. The second kappa shape index (κ2) is 7.76. The van der Waals surface area contributed by atoms with Crippen LogP contribution >= 0.6 is 11.8 Å². The number of alkyl carbamates (subject to hydrolysis) is 1. The number of amides is 1. The van der Waals surface area contributed by atoms with Gasteiger partial charge >= 0.3 is 6.09 Å². The second-order valence-electron chi connectivity index (χ2n) is 3.80. The van der Waals surface area contributed by atoms with E-state index in [0.29, 0.717) is 12.8 Å². The van der Waals surface area contributed by atoms with E-state index in [1.807, 2.05) is 30.3 Å². The largest absolute Gasteiger partial charge is 0.453 e. The quantitative estimate of drug-likeness (QED) is 0.889. The van der Waals surface area contributed by atoms with Crippen molar-refractivity contribution in [3.8, 4) is 0 Å².